The third kappa shape index (κ3) is 7.02. The molecule has 11 heteroatoms. The molecule has 29 heavy (non-hydrogen) atoms. The summed E-state index contributed by atoms with van der Waals surface area (Å²) in [6, 6.07) is 5.41. The summed E-state index contributed by atoms with van der Waals surface area (Å²) in [5.74, 6) is -0.273. The van der Waals surface area contributed by atoms with Crippen molar-refractivity contribution in [1.82, 2.24) is 10.2 Å². The highest BCUT2D eigenvalue weighted by molar-refractivity contribution is 8.14. The predicted octanol–water partition coefficient (Wildman–Crippen LogP) is 1.72. The summed E-state index contributed by atoms with van der Waals surface area (Å²) >= 11 is 1.16. The van der Waals surface area contributed by atoms with E-state index in [9.17, 15) is 24.5 Å². The van der Waals surface area contributed by atoms with Gasteiger partial charge in [-0.25, -0.2) is 4.79 Å². The lowest BCUT2D eigenvalue weighted by molar-refractivity contribution is -0.384. The van der Waals surface area contributed by atoms with Gasteiger partial charge in [0.1, 0.15) is 13.2 Å². The Morgan fingerprint density at radius 3 is 2.59 bits per heavy atom. The van der Waals surface area contributed by atoms with Gasteiger partial charge >= 0.3 is 6.09 Å². The van der Waals surface area contributed by atoms with Crippen LogP contribution in [0.3, 0.4) is 0 Å². The minimum atomic E-state index is -0.566. The maximum Gasteiger partial charge on any atom is 0.410 e. The molecule has 0 radical (unpaired) electrons. The molecule has 1 fully saturated rings. The second-order valence-electron chi connectivity index (χ2n) is 6.44. The van der Waals surface area contributed by atoms with Gasteiger partial charge in [0, 0.05) is 37.9 Å². The van der Waals surface area contributed by atoms with E-state index in [1.165, 1.54) is 43.1 Å². The molecule has 0 unspecified atom stereocenters. The van der Waals surface area contributed by atoms with Crippen molar-refractivity contribution < 1.29 is 28.8 Å². The summed E-state index contributed by atoms with van der Waals surface area (Å²) in [7, 11) is 1.50. The van der Waals surface area contributed by atoms with Gasteiger partial charge in [0.2, 0.25) is 5.91 Å². The molecule has 1 aliphatic rings. The zero-order chi connectivity index (χ0) is 21.4. The van der Waals surface area contributed by atoms with E-state index in [0.717, 1.165) is 11.8 Å². The van der Waals surface area contributed by atoms with Gasteiger partial charge in [0.15, 0.2) is 5.12 Å². The molecule has 0 aromatic heterocycles. The van der Waals surface area contributed by atoms with Crippen molar-refractivity contribution in [3.63, 3.8) is 0 Å². The van der Waals surface area contributed by atoms with Crippen LogP contribution in [0.5, 0.6) is 0 Å². The first kappa shape index (κ1) is 22.6. The van der Waals surface area contributed by atoms with Crippen molar-refractivity contribution in [2.24, 2.45) is 0 Å². The summed E-state index contributed by atoms with van der Waals surface area (Å²) in [5, 5.41) is 13.0. The molecule has 1 saturated heterocycles. The number of carbonyl (C=O) groups is 3. The van der Waals surface area contributed by atoms with Crippen molar-refractivity contribution in [2.45, 2.75) is 31.2 Å². The normalized spacial score (nSPS) is 18.3. The van der Waals surface area contributed by atoms with Gasteiger partial charge in [-0.1, -0.05) is 11.8 Å². The number of benzene rings is 1. The Balaban J connectivity index is 1.94. The molecule has 0 aliphatic carbocycles. The van der Waals surface area contributed by atoms with Gasteiger partial charge in [-0.15, -0.1) is 0 Å². The largest absolute Gasteiger partial charge is 0.445 e. The molecule has 1 heterocycles. The smallest absolute Gasteiger partial charge is 0.410 e. The van der Waals surface area contributed by atoms with Crippen molar-refractivity contribution in [2.75, 3.05) is 26.8 Å². The number of rotatable bonds is 8. The number of nitro groups is 1. The van der Waals surface area contributed by atoms with Gasteiger partial charge in [-0.2, -0.15) is 0 Å². The molecule has 10 nitrogen and oxygen atoms in total. The molecule has 1 aliphatic heterocycles. The van der Waals surface area contributed by atoms with E-state index >= 15 is 0 Å². The number of thioether (sulfide) groups is 1. The number of hydrogen-bond acceptors (Lipinski definition) is 8. The molecule has 0 spiro atoms. The first-order valence-electron chi connectivity index (χ1n) is 8.92. The van der Waals surface area contributed by atoms with Crippen molar-refractivity contribution in [1.29, 1.82) is 0 Å². The Morgan fingerprint density at radius 2 is 2.00 bits per heavy atom. The van der Waals surface area contributed by atoms with Crippen LogP contribution in [0.15, 0.2) is 24.3 Å². The SMILES string of the molecule is CNC(=O)COC[C@@H]1C[C@H](SC(C)=O)CN1C(=O)OCc1ccc([N+](=O)[O-])cc1. The fourth-order valence-electron chi connectivity index (χ4n) is 2.88. The van der Waals surface area contributed by atoms with E-state index in [1.807, 2.05) is 0 Å². The molecule has 0 bridgehead atoms. The van der Waals surface area contributed by atoms with Crippen molar-refractivity contribution >= 4 is 34.6 Å². The molecule has 2 amide bonds. The van der Waals surface area contributed by atoms with Gasteiger partial charge in [-0.05, 0) is 24.1 Å². The number of non-ortho nitro benzene ring substituents is 1. The van der Waals surface area contributed by atoms with Crippen LogP contribution in [0.2, 0.25) is 0 Å². The first-order chi connectivity index (χ1) is 13.8. The Hall–Kier alpha value is -2.66. The first-order valence-corrected chi connectivity index (χ1v) is 9.80. The van der Waals surface area contributed by atoms with Gasteiger partial charge in [0.25, 0.3) is 5.69 Å². The maximum absolute atomic E-state index is 12.6. The molecule has 0 saturated carbocycles. The molecular weight excluding hydrogens is 402 g/mol. The fourth-order valence-corrected chi connectivity index (χ4v) is 3.90. The van der Waals surface area contributed by atoms with E-state index in [4.69, 9.17) is 9.47 Å². The number of ether oxygens (including phenoxy) is 2. The molecule has 2 atom stereocenters. The van der Waals surface area contributed by atoms with Crippen LogP contribution in [-0.2, 0) is 25.7 Å². The summed E-state index contributed by atoms with van der Waals surface area (Å²) in [6.07, 6.45) is -0.0199. The second-order valence-corrected chi connectivity index (χ2v) is 7.92. The molecule has 2 rings (SSSR count). The quantitative estimate of drug-likeness (QED) is 0.492. The summed E-state index contributed by atoms with van der Waals surface area (Å²) in [6.45, 7) is 1.79. The number of likely N-dealkylation sites (N-methyl/N-ethyl adjacent to an activating group) is 1. The Morgan fingerprint density at radius 1 is 1.31 bits per heavy atom. The van der Waals surface area contributed by atoms with E-state index in [1.54, 1.807) is 0 Å². The lowest BCUT2D eigenvalue weighted by atomic mass is 10.2. The number of hydrogen-bond donors (Lipinski definition) is 1. The standard InChI is InChI=1S/C18H23N3O7S/c1-12(22)29-16-7-15(10-27-11-17(23)19-2)20(8-16)18(24)28-9-13-3-5-14(6-4-13)21(25)26/h3-6,15-16H,7-11H2,1-2H3,(H,19,23)/t15-,16-/m0/s1. The highest BCUT2D eigenvalue weighted by Crippen LogP contribution is 2.29. The van der Waals surface area contributed by atoms with E-state index in [0.29, 0.717) is 18.5 Å². The number of carbonyl (C=O) groups excluding carboxylic acids is 3. The van der Waals surface area contributed by atoms with Crippen LogP contribution < -0.4 is 5.32 Å². The fraction of sp³-hybridized carbons (Fsp3) is 0.500. The van der Waals surface area contributed by atoms with Gasteiger partial charge < -0.3 is 19.7 Å². The third-order valence-corrected chi connectivity index (χ3v) is 5.28. The van der Waals surface area contributed by atoms with E-state index < -0.39 is 11.0 Å². The summed E-state index contributed by atoms with van der Waals surface area (Å²) in [5.41, 5.74) is 0.572. The summed E-state index contributed by atoms with van der Waals surface area (Å²) < 4.78 is 10.7. The Labute approximate surface area is 172 Å². The van der Waals surface area contributed by atoms with Crippen molar-refractivity contribution in [3.05, 3.63) is 39.9 Å². The van der Waals surface area contributed by atoms with Crippen LogP contribution in [-0.4, -0.2) is 65.0 Å². The van der Waals surface area contributed by atoms with Crippen LogP contribution in [0, 0.1) is 10.1 Å². The minimum absolute atomic E-state index is 0.0380. The number of nitrogens with zero attached hydrogens (tertiary/aromatic N) is 2. The zero-order valence-corrected chi connectivity index (χ0v) is 17.0. The van der Waals surface area contributed by atoms with E-state index in [2.05, 4.69) is 5.32 Å². The number of likely N-dealkylation sites (tertiary alicyclic amines) is 1. The minimum Gasteiger partial charge on any atom is -0.445 e. The highest BCUT2D eigenvalue weighted by atomic mass is 32.2. The van der Waals surface area contributed by atoms with Crippen molar-refractivity contribution in [3.8, 4) is 0 Å². The Kier molecular flexibility index (Phi) is 8.40. The number of amides is 2. The lowest BCUT2D eigenvalue weighted by Gasteiger charge is -2.23. The van der Waals surface area contributed by atoms with Crippen LogP contribution >= 0.6 is 11.8 Å². The monoisotopic (exact) mass is 425 g/mol. The second kappa shape index (κ2) is 10.8. The number of nitrogens with one attached hydrogen (secondary N) is 1. The Bertz CT molecular complexity index is 756. The van der Waals surface area contributed by atoms with Crippen LogP contribution in [0.1, 0.15) is 18.9 Å². The number of nitro benzene ring substituents is 1. The molecule has 1 N–H and O–H groups in total. The third-order valence-electron chi connectivity index (χ3n) is 4.27. The van der Waals surface area contributed by atoms with Crippen LogP contribution in [0.4, 0.5) is 10.5 Å². The molecule has 158 valence electrons. The summed E-state index contributed by atoms with van der Waals surface area (Å²) in [4.78, 5) is 47.0. The van der Waals surface area contributed by atoms with Gasteiger partial charge in [-0.3, -0.25) is 19.7 Å². The average Bonchev–Trinajstić information content (AvgIpc) is 3.08. The molecular formula is C18H23N3O7S. The molecule has 1 aromatic rings. The maximum atomic E-state index is 12.6. The zero-order valence-electron chi connectivity index (χ0n) is 16.2. The van der Waals surface area contributed by atoms with Crippen LogP contribution in [0.25, 0.3) is 0 Å². The lowest BCUT2D eigenvalue weighted by Crippen LogP contribution is -2.39. The average molecular weight is 425 g/mol. The highest BCUT2D eigenvalue weighted by Gasteiger charge is 2.37. The molecule has 1 aromatic carbocycles. The predicted molar refractivity (Wildman–Crippen MR) is 105 cm³/mol. The topological polar surface area (TPSA) is 128 Å². The van der Waals surface area contributed by atoms with Gasteiger partial charge in [0.05, 0.1) is 17.6 Å². The van der Waals surface area contributed by atoms with E-state index in [-0.39, 0.29) is 47.8 Å².